The summed E-state index contributed by atoms with van der Waals surface area (Å²) in [5.41, 5.74) is 10.9. The lowest BCUT2D eigenvalue weighted by atomic mass is 9.79. The second kappa shape index (κ2) is 6.24. The van der Waals surface area contributed by atoms with Crippen molar-refractivity contribution >= 4 is 11.4 Å². The first-order valence-corrected chi connectivity index (χ1v) is 10.2. The number of rotatable bonds is 2. The van der Waals surface area contributed by atoms with Gasteiger partial charge in [0.05, 0.1) is 0 Å². The summed E-state index contributed by atoms with van der Waals surface area (Å²) in [5.74, 6) is 0. The van der Waals surface area contributed by atoms with E-state index in [4.69, 9.17) is 0 Å². The summed E-state index contributed by atoms with van der Waals surface area (Å²) < 4.78 is 0. The Morgan fingerprint density at radius 2 is 1.36 bits per heavy atom. The van der Waals surface area contributed by atoms with Crippen molar-refractivity contribution in [2.45, 2.75) is 59.4 Å². The van der Waals surface area contributed by atoms with Gasteiger partial charge in [-0.3, -0.25) is 0 Å². The zero-order chi connectivity index (χ0) is 20.3. The average molecular weight is 370 g/mol. The van der Waals surface area contributed by atoms with Gasteiger partial charge in [0.15, 0.2) is 0 Å². The topological polar surface area (TPSA) is 3.24 Å². The van der Waals surface area contributed by atoms with Gasteiger partial charge in [-0.25, -0.2) is 0 Å². The number of aryl methyl sites for hydroxylation is 1. The van der Waals surface area contributed by atoms with E-state index in [-0.39, 0.29) is 11.0 Å². The molecular weight excluding hydrogens is 338 g/mol. The third kappa shape index (κ3) is 2.68. The summed E-state index contributed by atoms with van der Waals surface area (Å²) in [6.45, 7) is 16.1. The van der Waals surface area contributed by atoms with Gasteiger partial charge in [0, 0.05) is 22.3 Å². The molecule has 0 spiro atoms. The molecule has 0 bridgehead atoms. The molecule has 28 heavy (non-hydrogen) atoms. The Kier molecular flexibility index (Phi) is 4.19. The SMILES string of the molecule is Cc1ccccc1N(c1ccc2c(c1C)C(C)(C)c1ccccc1-2)C(C)(C)C. The molecule has 0 fully saturated rings. The van der Waals surface area contributed by atoms with E-state index in [1.54, 1.807) is 0 Å². The highest BCUT2D eigenvalue weighted by Crippen LogP contribution is 2.52. The van der Waals surface area contributed by atoms with Crippen molar-refractivity contribution in [2.75, 3.05) is 4.90 Å². The van der Waals surface area contributed by atoms with E-state index in [1.807, 2.05) is 0 Å². The fourth-order valence-corrected chi connectivity index (χ4v) is 5.04. The molecule has 0 saturated heterocycles. The summed E-state index contributed by atoms with van der Waals surface area (Å²) >= 11 is 0. The van der Waals surface area contributed by atoms with Crippen LogP contribution in [0.1, 0.15) is 56.9 Å². The second-order valence-electron chi connectivity index (χ2n) is 9.60. The number of fused-ring (bicyclic) bond motifs is 3. The Morgan fingerprint density at radius 1 is 0.714 bits per heavy atom. The van der Waals surface area contributed by atoms with Gasteiger partial charge in [-0.2, -0.15) is 0 Å². The van der Waals surface area contributed by atoms with Crippen LogP contribution in [0.25, 0.3) is 11.1 Å². The fourth-order valence-electron chi connectivity index (χ4n) is 5.04. The molecule has 1 aliphatic carbocycles. The van der Waals surface area contributed by atoms with Gasteiger partial charge in [0.1, 0.15) is 0 Å². The molecule has 0 aromatic heterocycles. The molecule has 3 aromatic rings. The maximum Gasteiger partial charge on any atom is 0.0449 e. The Balaban J connectivity index is 1.98. The molecule has 1 aliphatic rings. The normalized spacial score (nSPS) is 14.5. The van der Waals surface area contributed by atoms with E-state index >= 15 is 0 Å². The lowest BCUT2D eigenvalue weighted by Gasteiger charge is -2.40. The van der Waals surface area contributed by atoms with Crippen LogP contribution in [-0.2, 0) is 5.41 Å². The Morgan fingerprint density at radius 3 is 2.04 bits per heavy atom. The highest BCUT2D eigenvalue weighted by atomic mass is 15.2. The van der Waals surface area contributed by atoms with E-state index in [1.165, 1.54) is 44.8 Å². The molecule has 0 aliphatic heterocycles. The van der Waals surface area contributed by atoms with Gasteiger partial charge in [-0.1, -0.05) is 62.4 Å². The van der Waals surface area contributed by atoms with Crippen molar-refractivity contribution in [3.8, 4) is 11.1 Å². The zero-order valence-electron chi connectivity index (χ0n) is 18.2. The van der Waals surface area contributed by atoms with Crippen molar-refractivity contribution in [3.05, 3.63) is 82.9 Å². The van der Waals surface area contributed by atoms with Crippen LogP contribution in [-0.4, -0.2) is 5.54 Å². The first-order chi connectivity index (χ1) is 13.1. The molecule has 0 heterocycles. The molecule has 3 aromatic carbocycles. The molecular formula is C27H31N. The molecule has 1 nitrogen and oxygen atoms in total. The first kappa shape index (κ1) is 18.8. The Hall–Kier alpha value is -2.54. The van der Waals surface area contributed by atoms with Crippen molar-refractivity contribution in [1.29, 1.82) is 0 Å². The maximum atomic E-state index is 2.51. The van der Waals surface area contributed by atoms with Gasteiger partial charge in [-0.15, -0.1) is 0 Å². The van der Waals surface area contributed by atoms with E-state index in [9.17, 15) is 0 Å². The smallest absolute Gasteiger partial charge is 0.0449 e. The van der Waals surface area contributed by atoms with Crippen LogP contribution in [0.4, 0.5) is 11.4 Å². The molecule has 0 unspecified atom stereocenters. The largest absolute Gasteiger partial charge is 0.336 e. The minimum absolute atomic E-state index is 0.0152. The average Bonchev–Trinajstić information content (AvgIpc) is 2.86. The van der Waals surface area contributed by atoms with Gasteiger partial charge in [-0.05, 0) is 80.1 Å². The second-order valence-corrected chi connectivity index (χ2v) is 9.60. The van der Waals surface area contributed by atoms with Gasteiger partial charge in [0.25, 0.3) is 0 Å². The van der Waals surface area contributed by atoms with Crippen LogP contribution >= 0.6 is 0 Å². The van der Waals surface area contributed by atoms with Gasteiger partial charge >= 0.3 is 0 Å². The molecule has 4 rings (SSSR count). The van der Waals surface area contributed by atoms with Crippen molar-refractivity contribution < 1.29 is 0 Å². The van der Waals surface area contributed by atoms with E-state index in [0.29, 0.717) is 0 Å². The summed E-state index contributed by atoms with van der Waals surface area (Å²) in [6.07, 6.45) is 0. The van der Waals surface area contributed by atoms with Crippen molar-refractivity contribution in [1.82, 2.24) is 0 Å². The lowest BCUT2D eigenvalue weighted by molar-refractivity contribution is 0.557. The third-order valence-electron chi connectivity index (χ3n) is 6.22. The highest BCUT2D eigenvalue weighted by Gasteiger charge is 2.38. The zero-order valence-corrected chi connectivity index (χ0v) is 18.2. The van der Waals surface area contributed by atoms with E-state index in [2.05, 4.69) is 114 Å². The molecule has 0 N–H and O–H groups in total. The summed E-state index contributed by atoms with van der Waals surface area (Å²) in [7, 11) is 0. The quantitative estimate of drug-likeness (QED) is 0.451. The van der Waals surface area contributed by atoms with E-state index in [0.717, 1.165) is 0 Å². The first-order valence-electron chi connectivity index (χ1n) is 10.2. The molecule has 1 heteroatoms. The third-order valence-corrected chi connectivity index (χ3v) is 6.22. The number of hydrogen-bond donors (Lipinski definition) is 0. The van der Waals surface area contributed by atoms with Crippen LogP contribution in [0.3, 0.4) is 0 Å². The number of nitrogens with zero attached hydrogens (tertiary/aromatic N) is 1. The Labute approximate surface area is 170 Å². The molecule has 144 valence electrons. The summed E-state index contributed by atoms with van der Waals surface area (Å²) in [5, 5.41) is 0. The summed E-state index contributed by atoms with van der Waals surface area (Å²) in [4.78, 5) is 2.51. The predicted octanol–water partition coefficient (Wildman–Crippen LogP) is 7.55. The fraction of sp³-hybridized carbons (Fsp3) is 0.333. The van der Waals surface area contributed by atoms with Gasteiger partial charge in [0.2, 0.25) is 0 Å². The van der Waals surface area contributed by atoms with Crippen LogP contribution in [0.5, 0.6) is 0 Å². The molecule has 0 atom stereocenters. The standard InChI is InChI=1S/C27H31N/c1-18-12-8-11-15-23(18)28(26(3,4)5)24-17-16-21-20-13-9-10-14-22(20)27(6,7)25(21)19(24)2/h8-17H,1-7H3. The maximum absolute atomic E-state index is 2.51. The monoisotopic (exact) mass is 369 g/mol. The number of benzene rings is 3. The van der Waals surface area contributed by atoms with Crippen LogP contribution < -0.4 is 4.90 Å². The van der Waals surface area contributed by atoms with Crippen molar-refractivity contribution in [3.63, 3.8) is 0 Å². The van der Waals surface area contributed by atoms with E-state index < -0.39 is 0 Å². The van der Waals surface area contributed by atoms with Gasteiger partial charge < -0.3 is 4.90 Å². The minimum atomic E-state index is -0.0271. The number of hydrogen-bond acceptors (Lipinski definition) is 1. The lowest BCUT2D eigenvalue weighted by Crippen LogP contribution is -2.38. The molecule has 0 radical (unpaired) electrons. The van der Waals surface area contributed by atoms with Crippen LogP contribution in [0.2, 0.25) is 0 Å². The number of anilines is 2. The Bertz CT molecular complexity index is 1050. The van der Waals surface area contributed by atoms with Crippen LogP contribution in [0, 0.1) is 13.8 Å². The van der Waals surface area contributed by atoms with Crippen molar-refractivity contribution in [2.24, 2.45) is 0 Å². The molecule has 0 amide bonds. The van der Waals surface area contributed by atoms with Crippen LogP contribution in [0.15, 0.2) is 60.7 Å². The minimum Gasteiger partial charge on any atom is -0.336 e. The predicted molar refractivity (Wildman–Crippen MR) is 122 cm³/mol. The molecule has 0 saturated carbocycles. The number of para-hydroxylation sites is 1. The highest BCUT2D eigenvalue weighted by molar-refractivity contribution is 5.86. The summed E-state index contributed by atoms with van der Waals surface area (Å²) in [6, 6.07) is 22.2.